The molecule has 0 aromatic heterocycles. The normalized spacial score (nSPS) is 29.0. The zero-order valence-electron chi connectivity index (χ0n) is 20.2. The maximum absolute atomic E-state index is 13.8. The molecule has 0 aliphatic heterocycles. The van der Waals surface area contributed by atoms with Crippen molar-refractivity contribution in [2.45, 2.75) is 38.7 Å². The Kier molecular flexibility index (Phi) is 6.26. The number of fused-ring (bicyclic) bond motifs is 3. The van der Waals surface area contributed by atoms with Gasteiger partial charge in [-0.05, 0) is 23.6 Å². The lowest BCUT2D eigenvalue weighted by molar-refractivity contribution is -0.152. The lowest BCUT2D eigenvalue weighted by Crippen LogP contribution is -2.61. The average Bonchev–Trinajstić information content (AvgIpc) is 2.86. The van der Waals surface area contributed by atoms with E-state index in [0.29, 0.717) is 5.56 Å². The van der Waals surface area contributed by atoms with Gasteiger partial charge in [-0.25, -0.2) is 0 Å². The molecule has 0 spiro atoms. The summed E-state index contributed by atoms with van der Waals surface area (Å²) in [5.41, 5.74) is 3.18. The van der Waals surface area contributed by atoms with E-state index in [2.05, 4.69) is 0 Å². The van der Waals surface area contributed by atoms with Crippen LogP contribution in [0.3, 0.4) is 0 Å². The number of carbonyl (C=O) groups excluding carboxylic acids is 3. The largest absolute Gasteiger partial charge is 0.508 e. The van der Waals surface area contributed by atoms with Gasteiger partial charge in [0.25, 0.3) is 5.91 Å². The summed E-state index contributed by atoms with van der Waals surface area (Å²) in [6.45, 7) is 5.48. The number of phenols is 1. The molecule has 0 saturated heterocycles. The molecular formula is C28H29NO7. The Labute approximate surface area is 208 Å². The highest BCUT2D eigenvalue weighted by molar-refractivity contribution is 6.23. The van der Waals surface area contributed by atoms with E-state index in [-0.39, 0.29) is 23.3 Å². The molecule has 0 bridgehead atoms. The molecule has 0 unspecified atom stereocenters. The summed E-state index contributed by atoms with van der Waals surface area (Å²) in [7, 11) is 0. The molecule has 188 valence electrons. The molecule has 2 aromatic rings. The standard InChI is InChI=1S/C26H23NO7.C2H6/c1-11-15-10-14-17(12-6-3-2-4-7-12)13-8-5-9-16(28)18(13)22(30)19(14)23(31)26(15,34)24(32)20(21(11)29)25(27)33;1-2/h2-9,11,14-15,17,28,30,32,34H,10H2,1H3,(H2,27,33);1-2H3/t11-,14+,15-,17+,26-;/m0./s1. The number of benzene rings is 2. The second-order valence-electron chi connectivity index (χ2n) is 9.18. The van der Waals surface area contributed by atoms with Gasteiger partial charge < -0.3 is 26.2 Å². The SMILES string of the molecule is CC.C[C@@H]1C(=O)C(C(N)=O)=C(O)[C@@]2(O)C(=O)C3=C(O)c4c(O)cccc4[C@@H](c4ccccc4)[C@H]3C[C@@H]12. The van der Waals surface area contributed by atoms with Gasteiger partial charge in [0.1, 0.15) is 22.8 Å². The Balaban J connectivity index is 0.00000148. The van der Waals surface area contributed by atoms with Gasteiger partial charge in [-0.1, -0.05) is 63.2 Å². The van der Waals surface area contributed by atoms with Gasteiger partial charge in [0.05, 0.1) is 5.56 Å². The van der Waals surface area contributed by atoms with Crippen LogP contribution >= 0.6 is 0 Å². The third-order valence-electron chi connectivity index (χ3n) is 7.58. The molecule has 8 heteroatoms. The number of hydrogen-bond donors (Lipinski definition) is 5. The molecule has 5 rings (SSSR count). The zero-order chi connectivity index (χ0) is 26.5. The van der Waals surface area contributed by atoms with Crippen LogP contribution in [0.4, 0.5) is 0 Å². The summed E-state index contributed by atoms with van der Waals surface area (Å²) in [5.74, 6) is -8.01. The van der Waals surface area contributed by atoms with Crippen molar-refractivity contribution in [1.82, 2.24) is 0 Å². The van der Waals surface area contributed by atoms with Crippen LogP contribution in [0.25, 0.3) is 5.76 Å². The number of hydrogen-bond acceptors (Lipinski definition) is 7. The number of aromatic hydroxyl groups is 1. The van der Waals surface area contributed by atoms with Crippen LogP contribution in [0.5, 0.6) is 5.75 Å². The lowest BCUT2D eigenvalue weighted by atomic mass is 9.54. The Morgan fingerprint density at radius 1 is 1.00 bits per heavy atom. The minimum atomic E-state index is -2.61. The number of rotatable bonds is 2. The number of amides is 1. The van der Waals surface area contributed by atoms with Gasteiger partial charge in [-0.2, -0.15) is 0 Å². The molecule has 2 aromatic carbocycles. The van der Waals surface area contributed by atoms with Gasteiger partial charge in [-0.3, -0.25) is 14.4 Å². The molecule has 5 atom stereocenters. The quantitative estimate of drug-likeness (QED) is 0.403. The van der Waals surface area contributed by atoms with Crippen LogP contribution in [0, 0.1) is 17.8 Å². The van der Waals surface area contributed by atoms with Crippen molar-refractivity contribution >= 4 is 23.2 Å². The first-order valence-electron chi connectivity index (χ1n) is 12.0. The fourth-order valence-electron chi connectivity index (χ4n) is 5.99. The van der Waals surface area contributed by atoms with E-state index in [1.54, 1.807) is 12.1 Å². The van der Waals surface area contributed by atoms with Gasteiger partial charge in [-0.15, -0.1) is 0 Å². The first-order valence-corrected chi connectivity index (χ1v) is 12.0. The zero-order valence-corrected chi connectivity index (χ0v) is 20.2. The minimum absolute atomic E-state index is 0.0549. The molecule has 1 amide bonds. The maximum Gasteiger partial charge on any atom is 0.255 e. The molecule has 36 heavy (non-hydrogen) atoms. The average molecular weight is 492 g/mol. The fraction of sp³-hybridized carbons (Fsp3) is 0.321. The number of aliphatic hydroxyl groups is 3. The van der Waals surface area contributed by atoms with Crippen molar-refractivity contribution in [1.29, 1.82) is 0 Å². The molecule has 8 nitrogen and oxygen atoms in total. The van der Waals surface area contributed by atoms with Crippen LogP contribution in [-0.4, -0.2) is 43.5 Å². The second kappa shape index (κ2) is 8.95. The minimum Gasteiger partial charge on any atom is -0.508 e. The Morgan fingerprint density at radius 3 is 2.25 bits per heavy atom. The van der Waals surface area contributed by atoms with Crippen molar-refractivity contribution < 1.29 is 34.8 Å². The van der Waals surface area contributed by atoms with E-state index in [0.717, 1.165) is 5.56 Å². The molecular weight excluding hydrogens is 462 g/mol. The first-order chi connectivity index (χ1) is 17.1. The molecule has 0 heterocycles. The molecule has 1 fully saturated rings. The van der Waals surface area contributed by atoms with Crippen LogP contribution in [0.1, 0.15) is 49.8 Å². The molecule has 3 aliphatic rings. The fourth-order valence-corrected chi connectivity index (χ4v) is 5.99. The highest BCUT2D eigenvalue weighted by Crippen LogP contribution is 2.57. The highest BCUT2D eigenvalue weighted by atomic mass is 16.3. The number of aliphatic hydroxyl groups excluding tert-OH is 2. The number of nitrogens with two attached hydrogens (primary N) is 1. The van der Waals surface area contributed by atoms with E-state index in [1.165, 1.54) is 13.0 Å². The number of carbonyl (C=O) groups is 3. The Hall–Kier alpha value is -3.91. The summed E-state index contributed by atoms with van der Waals surface area (Å²) in [5, 5.41) is 44.1. The van der Waals surface area contributed by atoms with Crippen molar-refractivity contribution in [2.75, 3.05) is 0 Å². The summed E-state index contributed by atoms with van der Waals surface area (Å²) < 4.78 is 0. The molecule has 1 saturated carbocycles. The van der Waals surface area contributed by atoms with E-state index in [4.69, 9.17) is 5.73 Å². The topological polar surface area (TPSA) is 158 Å². The summed E-state index contributed by atoms with van der Waals surface area (Å²) in [4.78, 5) is 38.6. The summed E-state index contributed by atoms with van der Waals surface area (Å²) in [6, 6.07) is 14.0. The predicted octanol–water partition coefficient (Wildman–Crippen LogP) is 3.29. The maximum atomic E-state index is 13.8. The van der Waals surface area contributed by atoms with Crippen LogP contribution in [0.2, 0.25) is 0 Å². The molecule has 3 aliphatic carbocycles. The number of Topliss-reactive ketones (excluding diaryl/α,β-unsaturated/α-hetero) is 2. The van der Waals surface area contributed by atoms with Crippen LogP contribution in [-0.2, 0) is 14.4 Å². The third-order valence-corrected chi connectivity index (χ3v) is 7.58. The monoisotopic (exact) mass is 491 g/mol. The van der Waals surface area contributed by atoms with Crippen molar-refractivity contribution in [2.24, 2.45) is 23.5 Å². The van der Waals surface area contributed by atoms with Gasteiger partial charge >= 0.3 is 0 Å². The molecule has 6 N–H and O–H groups in total. The van der Waals surface area contributed by atoms with E-state index >= 15 is 0 Å². The van der Waals surface area contributed by atoms with E-state index < -0.39 is 63.8 Å². The van der Waals surface area contributed by atoms with Crippen molar-refractivity contribution in [3.63, 3.8) is 0 Å². The van der Waals surface area contributed by atoms with Gasteiger partial charge in [0.15, 0.2) is 11.4 Å². The Morgan fingerprint density at radius 2 is 1.64 bits per heavy atom. The van der Waals surface area contributed by atoms with Crippen molar-refractivity contribution in [3.8, 4) is 5.75 Å². The van der Waals surface area contributed by atoms with Gasteiger partial charge in [0.2, 0.25) is 5.78 Å². The van der Waals surface area contributed by atoms with E-state index in [1.807, 2.05) is 44.2 Å². The van der Waals surface area contributed by atoms with E-state index in [9.17, 15) is 34.8 Å². The van der Waals surface area contributed by atoms with Crippen LogP contribution in [0.15, 0.2) is 65.4 Å². The summed E-state index contributed by atoms with van der Waals surface area (Å²) in [6.07, 6.45) is 0.0549. The predicted molar refractivity (Wildman–Crippen MR) is 132 cm³/mol. The van der Waals surface area contributed by atoms with Gasteiger partial charge in [0, 0.05) is 29.2 Å². The number of primary amides is 1. The van der Waals surface area contributed by atoms with Crippen LogP contribution < -0.4 is 5.73 Å². The Bertz CT molecular complexity index is 1330. The smallest absolute Gasteiger partial charge is 0.255 e. The first kappa shape index (κ1) is 25.2. The van der Waals surface area contributed by atoms with Crippen molar-refractivity contribution in [3.05, 3.63) is 82.1 Å². The lowest BCUT2D eigenvalue weighted by Gasteiger charge is -2.50. The second-order valence-corrected chi connectivity index (χ2v) is 9.18. The summed E-state index contributed by atoms with van der Waals surface area (Å²) >= 11 is 0. The number of ketones is 2. The third kappa shape index (κ3) is 3.28. The number of phenolic OH excluding ortho intramolecular Hbond substituents is 1. The highest BCUT2D eigenvalue weighted by Gasteiger charge is 2.63. The molecule has 0 radical (unpaired) electrons.